The summed E-state index contributed by atoms with van der Waals surface area (Å²) in [5, 5.41) is 2.80. The molecule has 0 aliphatic rings. The lowest BCUT2D eigenvalue weighted by molar-refractivity contribution is 0.102. The van der Waals surface area contributed by atoms with Crippen LogP contribution < -0.4 is 20.5 Å². The quantitative estimate of drug-likeness (QED) is 0.848. The number of aryl methyl sites for hydroxylation is 1. The van der Waals surface area contributed by atoms with Crippen LogP contribution in [0.5, 0.6) is 11.5 Å². The second kappa shape index (κ2) is 6.17. The zero-order valence-corrected chi connectivity index (χ0v) is 12.3. The molecule has 0 aliphatic heterocycles. The van der Waals surface area contributed by atoms with E-state index in [0.29, 0.717) is 28.4 Å². The second-order valence-corrected chi connectivity index (χ2v) is 4.59. The van der Waals surface area contributed by atoms with Crippen LogP contribution in [0, 0.1) is 6.92 Å². The first kappa shape index (κ1) is 14.7. The average Bonchev–Trinajstić information content (AvgIpc) is 2.50. The highest BCUT2D eigenvalue weighted by atomic mass is 16.5. The van der Waals surface area contributed by atoms with Gasteiger partial charge in [-0.25, -0.2) is 0 Å². The van der Waals surface area contributed by atoms with Gasteiger partial charge in [-0.2, -0.15) is 0 Å². The molecule has 5 nitrogen and oxygen atoms in total. The molecular weight excluding hydrogens is 268 g/mol. The summed E-state index contributed by atoms with van der Waals surface area (Å²) in [4.78, 5) is 12.2. The van der Waals surface area contributed by atoms with Crippen molar-refractivity contribution in [1.82, 2.24) is 0 Å². The van der Waals surface area contributed by atoms with Crippen molar-refractivity contribution < 1.29 is 14.3 Å². The van der Waals surface area contributed by atoms with E-state index in [4.69, 9.17) is 15.2 Å². The lowest BCUT2D eigenvalue weighted by Crippen LogP contribution is -2.13. The Bertz CT molecular complexity index is 669. The number of nitrogens with two attached hydrogens (primary N) is 1. The van der Waals surface area contributed by atoms with Crippen LogP contribution in [-0.2, 0) is 0 Å². The van der Waals surface area contributed by atoms with Crippen LogP contribution in [0.25, 0.3) is 0 Å². The fourth-order valence-corrected chi connectivity index (χ4v) is 1.88. The van der Waals surface area contributed by atoms with Gasteiger partial charge in [0, 0.05) is 17.3 Å². The molecule has 0 fully saturated rings. The van der Waals surface area contributed by atoms with Crippen molar-refractivity contribution in [3.8, 4) is 11.5 Å². The largest absolute Gasteiger partial charge is 0.497 e. The van der Waals surface area contributed by atoms with Crippen LogP contribution in [0.4, 0.5) is 11.4 Å². The maximum atomic E-state index is 12.2. The van der Waals surface area contributed by atoms with E-state index in [2.05, 4.69) is 5.32 Å². The number of rotatable bonds is 4. The van der Waals surface area contributed by atoms with E-state index >= 15 is 0 Å². The van der Waals surface area contributed by atoms with E-state index in [1.807, 2.05) is 13.0 Å². The monoisotopic (exact) mass is 286 g/mol. The molecule has 0 saturated heterocycles. The fraction of sp³-hybridized carbons (Fsp3) is 0.188. The summed E-state index contributed by atoms with van der Waals surface area (Å²) in [5.41, 5.74) is 8.42. The third-order valence-electron chi connectivity index (χ3n) is 3.20. The molecule has 1 amide bonds. The molecule has 0 unspecified atom stereocenters. The molecule has 21 heavy (non-hydrogen) atoms. The van der Waals surface area contributed by atoms with Gasteiger partial charge >= 0.3 is 0 Å². The SMILES string of the molecule is COc1ccc(NC(=O)c2ccc(C)c(N)c2)c(OC)c1. The van der Waals surface area contributed by atoms with Crippen LogP contribution in [-0.4, -0.2) is 20.1 Å². The maximum absolute atomic E-state index is 12.2. The average molecular weight is 286 g/mol. The van der Waals surface area contributed by atoms with E-state index in [0.717, 1.165) is 5.56 Å². The van der Waals surface area contributed by atoms with Gasteiger partial charge in [0.1, 0.15) is 11.5 Å². The molecule has 0 aliphatic carbocycles. The first-order valence-electron chi connectivity index (χ1n) is 6.44. The highest BCUT2D eigenvalue weighted by Crippen LogP contribution is 2.29. The molecule has 110 valence electrons. The first-order chi connectivity index (χ1) is 10.0. The summed E-state index contributed by atoms with van der Waals surface area (Å²) in [7, 11) is 3.11. The van der Waals surface area contributed by atoms with Gasteiger partial charge in [-0.15, -0.1) is 0 Å². The Morgan fingerprint density at radius 1 is 1.10 bits per heavy atom. The van der Waals surface area contributed by atoms with Gasteiger partial charge in [0.2, 0.25) is 0 Å². The number of carbonyl (C=O) groups excluding carboxylic acids is 1. The van der Waals surface area contributed by atoms with Crippen molar-refractivity contribution >= 4 is 17.3 Å². The minimum absolute atomic E-state index is 0.245. The smallest absolute Gasteiger partial charge is 0.255 e. The van der Waals surface area contributed by atoms with Crippen molar-refractivity contribution in [1.29, 1.82) is 0 Å². The van der Waals surface area contributed by atoms with Crippen LogP contribution in [0.3, 0.4) is 0 Å². The predicted molar refractivity (Wildman–Crippen MR) is 83.1 cm³/mol. The number of anilines is 2. The third-order valence-corrected chi connectivity index (χ3v) is 3.20. The molecule has 0 aromatic heterocycles. The number of benzene rings is 2. The molecule has 2 rings (SSSR count). The molecule has 5 heteroatoms. The molecule has 2 aromatic carbocycles. The van der Waals surface area contributed by atoms with E-state index in [1.165, 1.54) is 7.11 Å². The van der Waals surface area contributed by atoms with E-state index in [-0.39, 0.29) is 5.91 Å². The number of hydrogen-bond acceptors (Lipinski definition) is 4. The summed E-state index contributed by atoms with van der Waals surface area (Å²) in [6.07, 6.45) is 0. The van der Waals surface area contributed by atoms with Crippen molar-refractivity contribution in [3.63, 3.8) is 0 Å². The summed E-state index contributed by atoms with van der Waals surface area (Å²) in [6.45, 7) is 1.89. The highest BCUT2D eigenvalue weighted by Gasteiger charge is 2.11. The van der Waals surface area contributed by atoms with Gasteiger partial charge in [0.25, 0.3) is 5.91 Å². The lowest BCUT2D eigenvalue weighted by Gasteiger charge is -2.12. The molecule has 0 atom stereocenters. The predicted octanol–water partition coefficient (Wildman–Crippen LogP) is 2.85. The number of carbonyl (C=O) groups is 1. The van der Waals surface area contributed by atoms with Crippen LogP contribution >= 0.6 is 0 Å². The van der Waals surface area contributed by atoms with Gasteiger partial charge in [0.15, 0.2) is 0 Å². The number of amides is 1. The fourth-order valence-electron chi connectivity index (χ4n) is 1.88. The molecule has 0 spiro atoms. The van der Waals surface area contributed by atoms with Crippen molar-refractivity contribution in [2.75, 3.05) is 25.3 Å². The number of nitrogen functional groups attached to an aromatic ring is 1. The lowest BCUT2D eigenvalue weighted by atomic mass is 10.1. The highest BCUT2D eigenvalue weighted by molar-refractivity contribution is 6.05. The number of hydrogen-bond donors (Lipinski definition) is 2. The maximum Gasteiger partial charge on any atom is 0.255 e. The Morgan fingerprint density at radius 3 is 2.48 bits per heavy atom. The summed E-state index contributed by atoms with van der Waals surface area (Å²) in [5.74, 6) is 0.942. The van der Waals surface area contributed by atoms with Gasteiger partial charge in [-0.1, -0.05) is 6.07 Å². The van der Waals surface area contributed by atoms with Crippen LogP contribution in [0.1, 0.15) is 15.9 Å². The Balaban J connectivity index is 2.24. The molecule has 0 radical (unpaired) electrons. The normalized spacial score (nSPS) is 10.0. The number of ether oxygens (including phenoxy) is 2. The Labute approximate surface area is 123 Å². The van der Waals surface area contributed by atoms with Gasteiger partial charge < -0.3 is 20.5 Å². The molecule has 0 heterocycles. The Kier molecular flexibility index (Phi) is 4.33. The molecular formula is C16H18N2O3. The van der Waals surface area contributed by atoms with E-state index in [9.17, 15) is 4.79 Å². The molecule has 0 saturated carbocycles. The summed E-state index contributed by atoms with van der Waals surface area (Å²) in [6, 6.07) is 10.4. The van der Waals surface area contributed by atoms with E-state index in [1.54, 1.807) is 37.4 Å². The van der Waals surface area contributed by atoms with Gasteiger partial charge in [-0.3, -0.25) is 4.79 Å². The Morgan fingerprint density at radius 2 is 1.86 bits per heavy atom. The molecule has 0 bridgehead atoms. The summed E-state index contributed by atoms with van der Waals surface area (Å²) < 4.78 is 10.4. The number of nitrogens with one attached hydrogen (secondary N) is 1. The summed E-state index contributed by atoms with van der Waals surface area (Å²) >= 11 is 0. The van der Waals surface area contributed by atoms with Crippen LogP contribution in [0.15, 0.2) is 36.4 Å². The topological polar surface area (TPSA) is 73.6 Å². The van der Waals surface area contributed by atoms with Crippen molar-refractivity contribution in [2.24, 2.45) is 0 Å². The van der Waals surface area contributed by atoms with Gasteiger partial charge in [0.05, 0.1) is 19.9 Å². The van der Waals surface area contributed by atoms with Gasteiger partial charge in [-0.05, 0) is 36.8 Å². The molecule has 3 N–H and O–H groups in total. The standard InChI is InChI=1S/C16H18N2O3/c1-10-4-5-11(8-13(10)17)16(19)18-14-7-6-12(20-2)9-15(14)21-3/h4-9H,17H2,1-3H3,(H,18,19). The Hall–Kier alpha value is -2.69. The zero-order valence-electron chi connectivity index (χ0n) is 12.3. The van der Waals surface area contributed by atoms with E-state index < -0.39 is 0 Å². The second-order valence-electron chi connectivity index (χ2n) is 4.59. The minimum Gasteiger partial charge on any atom is -0.497 e. The van der Waals surface area contributed by atoms with Crippen LogP contribution in [0.2, 0.25) is 0 Å². The third kappa shape index (κ3) is 3.25. The number of methoxy groups -OCH3 is 2. The van der Waals surface area contributed by atoms with Crippen molar-refractivity contribution in [3.05, 3.63) is 47.5 Å². The van der Waals surface area contributed by atoms with Crippen molar-refractivity contribution in [2.45, 2.75) is 6.92 Å². The zero-order chi connectivity index (χ0) is 15.4. The minimum atomic E-state index is -0.245. The molecule has 2 aromatic rings. The first-order valence-corrected chi connectivity index (χ1v) is 6.44.